The lowest BCUT2D eigenvalue weighted by Crippen LogP contribution is -2.43. The zero-order valence-corrected chi connectivity index (χ0v) is 14.1. The standard InChI is InChI=1S/C17H21ClN2O3/c1-3-15-10(2)13-6-11(7-14(18)17(13)23-15)20-16(21)8-12-9-22-5-4-19-12/h6-7,12,19H,3-5,8-9H2,1-2H3,(H,20,21)/t12-/m0/s1. The monoisotopic (exact) mass is 336 g/mol. The van der Waals surface area contributed by atoms with Crippen molar-refractivity contribution in [1.29, 1.82) is 0 Å². The van der Waals surface area contributed by atoms with E-state index in [-0.39, 0.29) is 11.9 Å². The number of ether oxygens (including phenoxy) is 1. The number of carbonyl (C=O) groups is 1. The van der Waals surface area contributed by atoms with Crippen LogP contribution in [-0.4, -0.2) is 31.7 Å². The van der Waals surface area contributed by atoms with Crippen molar-refractivity contribution in [2.45, 2.75) is 32.7 Å². The number of furan rings is 1. The Kier molecular flexibility index (Phi) is 4.90. The SMILES string of the molecule is CCc1oc2c(Cl)cc(NC(=O)C[C@H]3COCCN3)cc2c1C. The van der Waals surface area contributed by atoms with Crippen LogP contribution in [-0.2, 0) is 16.0 Å². The van der Waals surface area contributed by atoms with Crippen molar-refractivity contribution in [3.8, 4) is 0 Å². The van der Waals surface area contributed by atoms with Gasteiger partial charge in [-0.05, 0) is 24.6 Å². The maximum atomic E-state index is 12.2. The molecule has 6 heteroatoms. The van der Waals surface area contributed by atoms with Gasteiger partial charge in [0.25, 0.3) is 0 Å². The molecule has 3 rings (SSSR count). The van der Waals surface area contributed by atoms with Crippen LogP contribution in [0, 0.1) is 6.92 Å². The molecule has 5 nitrogen and oxygen atoms in total. The minimum atomic E-state index is -0.0553. The summed E-state index contributed by atoms with van der Waals surface area (Å²) in [5.74, 6) is 0.870. The molecule has 2 heterocycles. The summed E-state index contributed by atoms with van der Waals surface area (Å²) in [6, 6.07) is 3.71. The highest BCUT2D eigenvalue weighted by Crippen LogP contribution is 2.34. The summed E-state index contributed by atoms with van der Waals surface area (Å²) in [6.07, 6.45) is 1.19. The van der Waals surface area contributed by atoms with Gasteiger partial charge in [-0.1, -0.05) is 18.5 Å². The lowest BCUT2D eigenvalue weighted by atomic mass is 10.1. The lowest BCUT2D eigenvalue weighted by molar-refractivity contribution is -0.117. The van der Waals surface area contributed by atoms with Crippen LogP contribution in [0.15, 0.2) is 16.5 Å². The highest BCUT2D eigenvalue weighted by molar-refractivity contribution is 6.35. The highest BCUT2D eigenvalue weighted by atomic mass is 35.5. The maximum Gasteiger partial charge on any atom is 0.226 e. The first-order valence-electron chi connectivity index (χ1n) is 7.91. The zero-order valence-electron chi connectivity index (χ0n) is 13.4. The van der Waals surface area contributed by atoms with Crippen molar-refractivity contribution < 1.29 is 13.9 Å². The second-order valence-electron chi connectivity index (χ2n) is 5.82. The van der Waals surface area contributed by atoms with Crippen molar-refractivity contribution in [2.75, 3.05) is 25.1 Å². The summed E-state index contributed by atoms with van der Waals surface area (Å²) < 4.78 is 11.2. The Hall–Kier alpha value is -1.56. The van der Waals surface area contributed by atoms with Crippen molar-refractivity contribution in [3.63, 3.8) is 0 Å². The number of amides is 1. The van der Waals surface area contributed by atoms with Crippen LogP contribution >= 0.6 is 11.6 Å². The summed E-state index contributed by atoms with van der Waals surface area (Å²) in [6.45, 7) is 6.10. The molecule has 0 saturated carbocycles. The number of aryl methyl sites for hydroxylation is 2. The molecule has 1 amide bonds. The van der Waals surface area contributed by atoms with Gasteiger partial charge in [0.2, 0.25) is 5.91 Å². The van der Waals surface area contributed by atoms with E-state index in [0.717, 1.165) is 29.7 Å². The molecule has 0 bridgehead atoms. The number of hydrogen-bond acceptors (Lipinski definition) is 4. The van der Waals surface area contributed by atoms with E-state index in [1.807, 2.05) is 19.9 Å². The molecule has 1 aromatic heterocycles. The third kappa shape index (κ3) is 3.52. The number of nitrogens with one attached hydrogen (secondary N) is 2. The molecule has 2 aromatic rings. The number of morpholine rings is 1. The van der Waals surface area contributed by atoms with E-state index in [9.17, 15) is 4.79 Å². The predicted molar refractivity (Wildman–Crippen MR) is 91.2 cm³/mol. The van der Waals surface area contributed by atoms with E-state index in [0.29, 0.717) is 35.9 Å². The quantitative estimate of drug-likeness (QED) is 0.899. The molecule has 0 aliphatic carbocycles. The van der Waals surface area contributed by atoms with E-state index < -0.39 is 0 Å². The van der Waals surface area contributed by atoms with Crippen LogP contribution in [0.3, 0.4) is 0 Å². The average Bonchev–Trinajstić information content (AvgIpc) is 2.85. The normalized spacial score (nSPS) is 18.3. The van der Waals surface area contributed by atoms with Crippen LogP contribution in [0.25, 0.3) is 11.0 Å². The first kappa shape index (κ1) is 16.3. The molecule has 0 spiro atoms. The van der Waals surface area contributed by atoms with Crippen molar-refractivity contribution in [2.24, 2.45) is 0 Å². The van der Waals surface area contributed by atoms with Crippen LogP contribution in [0.5, 0.6) is 0 Å². The first-order chi connectivity index (χ1) is 11.1. The minimum Gasteiger partial charge on any atom is -0.459 e. The molecule has 0 unspecified atom stereocenters. The van der Waals surface area contributed by atoms with E-state index in [1.165, 1.54) is 0 Å². The molecular formula is C17H21ClN2O3. The molecule has 1 saturated heterocycles. The fourth-order valence-corrected chi connectivity index (χ4v) is 3.18. The maximum absolute atomic E-state index is 12.2. The van der Waals surface area contributed by atoms with Gasteiger partial charge in [0.05, 0.1) is 18.2 Å². The minimum absolute atomic E-state index is 0.0553. The van der Waals surface area contributed by atoms with Gasteiger partial charge in [-0.2, -0.15) is 0 Å². The molecule has 23 heavy (non-hydrogen) atoms. The Bertz CT molecular complexity index is 720. The summed E-state index contributed by atoms with van der Waals surface area (Å²) in [5, 5.41) is 7.65. The second kappa shape index (κ2) is 6.91. The topological polar surface area (TPSA) is 63.5 Å². The molecule has 124 valence electrons. The van der Waals surface area contributed by atoms with Gasteiger partial charge >= 0.3 is 0 Å². The highest BCUT2D eigenvalue weighted by Gasteiger charge is 2.18. The van der Waals surface area contributed by atoms with E-state index in [2.05, 4.69) is 10.6 Å². The molecule has 1 fully saturated rings. The van der Waals surface area contributed by atoms with Crippen LogP contribution in [0.1, 0.15) is 24.7 Å². The number of carbonyl (C=O) groups excluding carboxylic acids is 1. The number of hydrogen-bond donors (Lipinski definition) is 2. The number of fused-ring (bicyclic) bond motifs is 1. The Morgan fingerprint density at radius 1 is 1.48 bits per heavy atom. The number of benzene rings is 1. The number of rotatable bonds is 4. The van der Waals surface area contributed by atoms with E-state index in [4.69, 9.17) is 20.8 Å². The number of anilines is 1. The summed E-state index contributed by atoms with van der Waals surface area (Å²) in [5.41, 5.74) is 2.44. The van der Waals surface area contributed by atoms with Crippen LogP contribution in [0.4, 0.5) is 5.69 Å². The second-order valence-corrected chi connectivity index (χ2v) is 6.22. The van der Waals surface area contributed by atoms with Gasteiger partial charge in [-0.15, -0.1) is 0 Å². The van der Waals surface area contributed by atoms with Gasteiger partial charge < -0.3 is 19.8 Å². The first-order valence-corrected chi connectivity index (χ1v) is 8.28. The van der Waals surface area contributed by atoms with Crippen LogP contribution in [0.2, 0.25) is 5.02 Å². The summed E-state index contributed by atoms with van der Waals surface area (Å²) >= 11 is 6.30. The molecule has 1 aliphatic heterocycles. The van der Waals surface area contributed by atoms with Gasteiger partial charge in [-0.3, -0.25) is 4.79 Å². The Morgan fingerprint density at radius 3 is 3.00 bits per heavy atom. The molecular weight excluding hydrogens is 316 g/mol. The molecule has 1 aromatic carbocycles. The molecule has 0 radical (unpaired) electrons. The zero-order chi connectivity index (χ0) is 16.4. The molecule has 1 aliphatic rings. The Balaban J connectivity index is 1.77. The van der Waals surface area contributed by atoms with Crippen molar-refractivity contribution in [1.82, 2.24) is 5.32 Å². The summed E-state index contributed by atoms with van der Waals surface area (Å²) in [7, 11) is 0. The third-order valence-electron chi connectivity index (χ3n) is 4.13. The fourth-order valence-electron chi connectivity index (χ4n) is 2.92. The predicted octanol–water partition coefficient (Wildman–Crippen LogP) is 3.27. The fraction of sp³-hybridized carbons (Fsp3) is 0.471. The lowest BCUT2D eigenvalue weighted by Gasteiger charge is -2.23. The average molecular weight is 337 g/mol. The third-order valence-corrected chi connectivity index (χ3v) is 4.41. The largest absolute Gasteiger partial charge is 0.459 e. The van der Waals surface area contributed by atoms with Crippen molar-refractivity contribution in [3.05, 3.63) is 28.5 Å². The molecule has 1 atom stereocenters. The van der Waals surface area contributed by atoms with E-state index in [1.54, 1.807) is 6.07 Å². The van der Waals surface area contributed by atoms with Gasteiger partial charge in [-0.25, -0.2) is 0 Å². The number of halogens is 1. The smallest absolute Gasteiger partial charge is 0.226 e. The van der Waals surface area contributed by atoms with E-state index >= 15 is 0 Å². The molecule has 2 N–H and O–H groups in total. The van der Waals surface area contributed by atoms with Gasteiger partial charge in [0.15, 0.2) is 5.58 Å². The van der Waals surface area contributed by atoms with Crippen molar-refractivity contribution >= 4 is 34.2 Å². The van der Waals surface area contributed by atoms with Gasteiger partial charge in [0, 0.05) is 36.5 Å². The van der Waals surface area contributed by atoms with Gasteiger partial charge in [0.1, 0.15) is 5.76 Å². The Morgan fingerprint density at radius 2 is 2.30 bits per heavy atom. The Labute approximate surface area is 140 Å². The van der Waals surface area contributed by atoms with Crippen LogP contribution < -0.4 is 10.6 Å². The summed E-state index contributed by atoms with van der Waals surface area (Å²) in [4.78, 5) is 12.2.